The van der Waals surface area contributed by atoms with Gasteiger partial charge < -0.3 is 11.1 Å². The van der Waals surface area contributed by atoms with Gasteiger partial charge in [0.2, 0.25) is 0 Å². The zero-order chi connectivity index (χ0) is 10.8. The molecule has 3 nitrogen and oxygen atoms in total. The SMILES string of the molecule is CC(C)(NC(N)=O)c1cccc(Cl)c1. The van der Waals surface area contributed by atoms with Gasteiger partial charge >= 0.3 is 6.03 Å². The smallest absolute Gasteiger partial charge is 0.312 e. The highest BCUT2D eigenvalue weighted by atomic mass is 35.5. The standard InChI is InChI=1S/C10H13ClN2O/c1-10(2,13-9(12)14)7-4-3-5-8(11)6-7/h3-6H,1-2H3,(H3,12,13,14). The molecule has 0 fully saturated rings. The zero-order valence-electron chi connectivity index (χ0n) is 8.17. The van der Waals surface area contributed by atoms with E-state index in [1.54, 1.807) is 12.1 Å². The summed E-state index contributed by atoms with van der Waals surface area (Å²) in [6.45, 7) is 3.73. The third-order valence-electron chi connectivity index (χ3n) is 1.98. The van der Waals surface area contributed by atoms with E-state index in [0.29, 0.717) is 5.02 Å². The molecule has 0 aliphatic rings. The van der Waals surface area contributed by atoms with Crippen LogP contribution in [0.3, 0.4) is 0 Å². The first kappa shape index (κ1) is 10.9. The molecule has 0 aliphatic carbocycles. The van der Waals surface area contributed by atoms with Crippen LogP contribution in [0.4, 0.5) is 4.79 Å². The molecule has 0 atom stereocenters. The molecule has 1 rings (SSSR count). The number of hydrogen-bond acceptors (Lipinski definition) is 1. The molecule has 0 radical (unpaired) electrons. The summed E-state index contributed by atoms with van der Waals surface area (Å²) >= 11 is 5.84. The molecule has 2 amide bonds. The van der Waals surface area contributed by atoms with Crippen molar-refractivity contribution in [2.24, 2.45) is 5.73 Å². The van der Waals surface area contributed by atoms with Crippen LogP contribution in [0, 0.1) is 0 Å². The minimum atomic E-state index is -0.546. The summed E-state index contributed by atoms with van der Waals surface area (Å²) in [6, 6.07) is 6.77. The molecule has 0 heterocycles. The minimum absolute atomic E-state index is 0.503. The lowest BCUT2D eigenvalue weighted by molar-refractivity contribution is 0.238. The van der Waals surface area contributed by atoms with Crippen molar-refractivity contribution in [3.8, 4) is 0 Å². The van der Waals surface area contributed by atoms with Crippen molar-refractivity contribution in [1.29, 1.82) is 0 Å². The molecule has 3 N–H and O–H groups in total. The predicted octanol–water partition coefficient (Wildman–Crippen LogP) is 2.24. The Bertz CT molecular complexity index is 350. The van der Waals surface area contributed by atoms with Crippen LogP contribution in [0.25, 0.3) is 0 Å². The molecule has 0 saturated heterocycles. The molecule has 0 unspecified atom stereocenters. The van der Waals surface area contributed by atoms with E-state index >= 15 is 0 Å². The second-order valence-corrected chi connectivity index (χ2v) is 4.06. The molecule has 0 spiro atoms. The topological polar surface area (TPSA) is 55.1 Å². The van der Waals surface area contributed by atoms with Gasteiger partial charge in [0, 0.05) is 5.02 Å². The van der Waals surface area contributed by atoms with Crippen LogP contribution in [0.2, 0.25) is 5.02 Å². The van der Waals surface area contributed by atoms with Gasteiger partial charge in [0.25, 0.3) is 0 Å². The average Bonchev–Trinajstić information content (AvgIpc) is 2.01. The molecule has 1 aromatic rings. The second kappa shape index (κ2) is 3.88. The lowest BCUT2D eigenvalue weighted by Gasteiger charge is -2.25. The maximum atomic E-state index is 10.8. The monoisotopic (exact) mass is 212 g/mol. The first-order valence-electron chi connectivity index (χ1n) is 4.25. The number of halogens is 1. The molecule has 0 bridgehead atoms. The summed E-state index contributed by atoms with van der Waals surface area (Å²) in [6.07, 6.45) is 0. The molecule has 0 aliphatic heterocycles. The van der Waals surface area contributed by atoms with Crippen LogP contribution in [-0.4, -0.2) is 6.03 Å². The lowest BCUT2D eigenvalue weighted by Crippen LogP contribution is -2.43. The molecular weight excluding hydrogens is 200 g/mol. The zero-order valence-corrected chi connectivity index (χ0v) is 8.93. The fourth-order valence-electron chi connectivity index (χ4n) is 1.26. The number of hydrogen-bond donors (Lipinski definition) is 2. The summed E-state index contributed by atoms with van der Waals surface area (Å²) < 4.78 is 0. The van der Waals surface area contributed by atoms with E-state index < -0.39 is 11.6 Å². The molecule has 0 aromatic heterocycles. The minimum Gasteiger partial charge on any atom is -0.352 e. The van der Waals surface area contributed by atoms with Crippen molar-refractivity contribution in [3.05, 3.63) is 34.9 Å². The van der Waals surface area contributed by atoms with Gasteiger partial charge in [0.1, 0.15) is 0 Å². The van der Waals surface area contributed by atoms with Gasteiger partial charge in [0.05, 0.1) is 5.54 Å². The van der Waals surface area contributed by atoms with Crippen LogP contribution < -0.4 is 11.1 Å². The third kappa shape index (κ3) is 2.64. The summed E-state index contributed by atoms with van der Waals surface area (Å²) in [7, 11) is 0. The Hall–Kier alpha value is -1.22. The van der Waals surface area contributed by atoms with E-state index in [9.17, 15) is 4.79 Å². The molecular formula is C10H13ClN2O. The van der Waals surface area contributed by atoms with Crippen LogP contribution in [0.5, 0.6) is 0 Å². The van der Waals surface area contributed by atoms with E-state index in [-0.39, 0.29) is 0 Å². The predicted molar refractivity (Wildman–Crippen MR) is 57.2 cm³/mol. The van der Waals surface area contributed by atoms with E-state index in [4.69, 9.17) is 17.3 Å². The van der Waals surface area contributed by atoms with Crippen LogP contribution in [0.1, 0.15) is 19.4 Å². The fourth-order valence-corrected chi connectivity index (χ4v) is 1.45. The van der Waals surface area contributed by atoms with E-state index in [2.05, 4.69) is 5.32 Å². The van der Waals surface area contributed by atoms with Crippen molar-refractivity contribution in [3.63, 3.8) is 0 Å². The number of carbonyl (C=O) groups excluding carboxylic acids is 1. The van der Waals surface area contributed by atoms with Crippen molar-refractivity contribution < 1.29 is 4.79 Å². The Morgan fingerprint density at radius 3 is 2.64 bits per heavy atom. The van der Waals surface area contributed by atoms with Crippen molar-refractivity contribution in [1.82, 2.24) is 5.32 Å². The van der Waals surface area contributed by atoms with E-state index in [1.165, 1.54) is 0 Å². The Labute approximate surface area is 88.2 Å². The normalized spacial score (nSPS) is 11.1. The van der Waals surface area contributed by atoms with Gasteiger partial charge in [-0.3, -0.25) is 0 Å². The first-order valence-corrected chi connectivity index (χ1v) is 4.63. The highest BCUT2D eigenvalue weighted by molar-refractivity contribution is 6.30. The number of rotatable bonds is 2. The van der Waals surface area contributed by atoms with Gasteiger partial charge in [-0.25, -0.2) is 4.79 Å². The van der Waals surface area contributed by atoms with Crippen LogP contribution in [0.15, 0.2) is 24.3 Å². The Morgan fingerprint density at radius 1 is 1.50 bits per heavy atom. The van der Waals surface area contributed by atoms with Gasteiger partial charge in [-0.2, -0.15) is 0 Å². The third-order valence-corrected chi connectivity index (χ3v) is 2.22. The van der Waals surface area contributed by atoms with Crippen molar-refractivity contribution in [2.45, 2.75) is 19.4 Å². The summed E-state index contributed by atoms with van der Waals surface area (Å²) in [5, 5.41) is 3.28. The van der Waals surface area contributed by atoms with E-state index in [1.807, 2.05) is 26.0 Å². The number of nitrogens with two attached hydrogens (primary N) is 1. The Balaban J connectivity index is 2.97. The highest BCUT2D eigenvalue weighted by Crippen LogP contribution is 2.22. The number of primary amides is 1. The van der Waals surface area contributed by atoms with Gasteiger partial charge in [-0.1, -0.05) is 23.7 Å². The van der Waals surface area contributed by atoms with Crippen molar-refractivity contribution in [2.75, 3.05) is 0 Å². The van der Waals surface area contributed by atoms with Gasteiger partial charge in [0.15, 0.2) is 0 Å². The summed E-state index contributed by atoms with van der Waals surface area (Å²) in [4.78, 5) is 10.8. The summed E-state index contributed by atoms with van der Waals surface area (Å²) in [5.74, 6) is 0. The number of amides is 2. The maximum absolute atomic E-state index is 10.8. The van der Waals surface area contributed by atoms with Crippen molar-refractivity contribution >= 4 is 17.6 Å². The number of nitrogens with one attached hydrogen (secondary N) is 1. The molecule has 1 aromatic carbocycles. The lowest BCUT2D eigenvalue weighted by atomic mass is 9.95. The largest absolute Gasteiger partial charge is 0.352 e. The highest BCUT2D eigenvalue weighted by Gasteiger charge is 2.21. The van der Waals surface area contributed by atoms with E-state index in [0.717, 1.165) is 5.56 Å². The molecule has 4 heteroatoms. The molecule has 0 saturated carbocycles. The van der Waals surface area contributed by atoms with Crippen LogP contribution in [-0.2, 0) is 5.54 Å². The number of benzene rings is 1. The number of carbonyl (C=O) groups is 1. The number of urea groups is 1. The van der Waals surface area contributed by atoms with Gasteiger partial charge in [-0.05, 0) is 31.5 Å². The second-order valence-electron chi connectivity index (χ2n) is 3.62. The fraction of sp³-hybridized carbons (Fsp3) is 0.300. The Kier molecular flexibility index (Phi) is 3.01. The molecule has 14 heavy (non-hydrogen) atoms. The quantitative estimate of drug-likeness (QED) is 0.776. The molecule has 76 valence electrons. The van der Waals surface area contributed by atoms with Crippen LogP contribution >= 0.6 is 11.6 Å². The Morgan fingerprint density at radius 2 is 2.14 bits per heavy atom. The first-order chi connectivity index (χ1) is 6.42. The average molecular weight is 213 g/mol. The maximum Gasteiger partial charge on any atom is 0.312 e. The summed E-state index contributed by atoms with van der Waals surface area (Å²) in [5.41, 5.74) is 5.49. The van der Waals surface area contributed by atoms with Gasteiger partial charge in [-0.15, -0.1) is 0 Å².